The molecular formula is C55H84N2O16. The second-order valence-electron chi connectivity index (χ2n) is 21.8. The lowest BCUT2D eigenvalue weighted by Gasteiger charge is -2.49. The normalized spacial score (nSPS) is 38.8. The highest BCUT2D eigenvalue weighted by molar-refractivity contribution is 5.90. The summed E-state index contributed by atoms with van der Waals surface area (Å²) in [5.41, 5.74) is -4.15. The first-order valence-electron chi connectivity index (χ1n) is 25.6. The van der Waals surface area contributed by atoms with Gasteiger partial charge >= 0.3 is 17.9 Å². The molecule has 2 aromatic rings. The molecule has 0 saturated carbocycles. The Morgan fingerprint density at radius 2 is 1.38 bits per heavy atom. The number of nitrogens with zero attached hydrogens (tertiary/aromatic N) is 2. The highest BCUT2D eigenvalue weighted by Crippen LogP contribution is 2.42. The lowest BCUT2D eigenvalue weighted by molar-refractivity contribution is -0.317. The van der Waals surface area contributed by atoms with E-state index in [1.165, 1.54) is 21.1 Å². The monoisotopic (exact) mass is 1030 g/mol. The van der Waals surface area contributed by atoms with Crippen LogP contribution in [0.25, 0.3) is 0 Å². The molecule has 18 heteroatoms. The summed E-state index contributed by atoms with van der Waals surface area (Å²) in [7, 11) is 6.71. The molecule has 18 nitrogen and oxygen atoms in total. The van der Waals surface area contributed by atoms with Crippen LogP contribution in [-0.4, -0.2) is 162 Å². The van der Waals surface area contributed by atoms with Crippen LogP contribution in [0.4, 0.5) is 0 Å². The maximum atomic E-state index is 14.8. The Morgan fingerprint density at radius 3 is 1.92 bits per heavy atom. The molecule has 0 aromatic heterocycles. The van der Waals surface area contributed by atoms with Crippen LogP contribution < -0.4 is 0 Å². The van der Waals surface area contributed by atoms with E-state index in [-0.39, 0.29) is 25.0 Å². The predicted molar refractivity (Wildman–Crippen MR) is 270 cm³/mol. The van der Waals surface area contributed by atoms with Gasteiger partial charge in [-0.25, -0.2) is 9.59 Å². The van der Waals surface area contributed by atoms with Gasteiger partial charge in [0, 0.05) is 52.2 Å². The quantitative estimate of drug-likeness (QED) is 0.0776. The summed E-state index contributed by atoms with van der Waals surface area (Å²) in [5.74, 6) is -6.92. The number of aliphatic hydroxyl groups is 3. The lowest BCUT2D eigenvalue weighted by atomic mass is 9.73. The maximum absolute atomic E-state index is 14.8. The predicted octanol–water partition coefficient (Wildman–Crippen LogP) is 6.70. The number of methoxy groups -OCH3 is 2. The molecular weight excluding hydrogens is 945 g/mol. The molecule has 0 aliphatic carbocycles. The van der Waals surface area contributed by atoms with Crippen LogP contribution in [0.2, 0.25) is 0 Å². The molecule has 18 atom stereocenters. The van der Waals surface area contributed by atoms with E-state index < -0.39 is 132 Å². The zero-order chi connectivity index (χ0) is 54.4. The van der Waals surface area contributed by atoms with Crippen molar-refractivity contribution < 1.29 is 77.2 Å². The molecule has 2 aromatic carbocycles. The Morgan fingerprint density at radius 1 is 0.808 bits per heavy atom. The average Bonchev–Trinajstić information content (AvgIpc) is 3.34. The fourth-order valence-electron chi connectivity index (χ4n) is 10.6. The van der Waals surface area contributed by atoms with Crippen LogP contribution in [-0.2, 0) is 52.3 Å². The molecule has 3 saturated heterocycles. The zero-order valence-electron chi connectivity index (χ0n) is 45.8. The Hall–Kier alpha value is -4.08. The molecule has 3 aliphatic rings. The first-order chi connectivity index (χ1) is 34.1. The number of carbonyl (C=O) groups excluding carboxylic acids is 3. The van der Waals surface area contributed by atoms with E-state index in [0.29, 0.717) is 17.5 Å². The second kappa shape index (κ2) is 24.7. The smallest absolute Gasteiger partial charge is 0.338 e. The number of aliphatic hydroxyl groups excluding tert-OH is 1. The van der Waals surface area contributed by atoms with Crippen molar-refractivity contribution in [1.29, 1.82) is 0 Å². The van der Waals surface area contributed by atoms with Gasteiger partial charge in [0.05, 0.1) is 64.9 Å². The molecule has 5 rings (SSSR count). The number of hydrogen-bond acceptors (Lipinski definition) is 18. The molecule has 3 fully saturated rings. The highest BCUT2D eigenvalue weighted by atomic mass is 16.8. The minimum absolute atomic E-state index is 0.0177. The Kier molecular flexibility index (Phi) is 20.2. The number of cyclic esters (lactones) is 1. The number of carbonyl (C=O) groups is 3. The summed E-state index contributed by atoms with van der Waals surface area (Å²) in [6.07, 6.45) is -10.3. The highest BCUT2D eigenvalue weighted by Gasteiger charge is 2.55. The maximum Gasteiger partial charge on any atom is 0.338 e. The average molecular weight is 1030 g/mol. The summed E-state index contributed by atoms with van der Waals surface area (Å²) in [4.78, 5) is 50.0. The molecule has 0 spiro atoms. The van der Waals surface area contributed by atoms with Crippen LogP contribution in [0.1, 0.15) is 129 Å². The van der Waals surface area contributed by atoms with Crippen LogP contribution >= 0.6 is 0 Å². The van der Waals surface area contributed by atoms with Crippen molar-refractivity contribution in [3.63, 3.8) is 0 Å². The van der Waals surface area contributed by atoms with Gasteiger partial charge in [-0.3, -0.25) is 4.79 Å². The lowest BCUT2D eigenvalue weighted by Crippen LogP contribution is -2.62. The Bertz CT molecular complexity index is 2140. The molecule has 73 heavy (non-hydrogen) atoms. The fourth-order valence-corrected chi connectivity index (χ4v) is 10.6. The number of oxime groups is 1. The van der Waals surface area contributed by atoms with Crippen LogP contribution in [0.15, 0.2) is 65.8 Å². The summed E-state index contributed by atoms with van der Waals surface area (Å²) in [5, 5.41) is 42.2. The van der Waals surface area contributed by atoms with Gasteiger partial charge in [-0.05, 0) is 99.2 Å². The minimum atomic E-state index is -2.03. The fraction of sp³-hybridized carbons (Fsp3) is 0.709. The third-order valence-corrected chi connectivity index (χ3v) is 15.1. The van der Waals surface area contributed by atoms with E-state index in [1.54, 1.807) is 123 Å². The summed E-state index contributed by atoms with van der Waals surface area (Å²) < 4.78 is 57.4. The topological polar surface area (TPSA) is 220 Å². The zero-order valence-corrected chi connectivity index (χ0v) is 45.8. The summed E-state index contributed by atoms with van der Waals surface area (Å²) >= 11 is 0. The standard InChI is InChI=1S/C55H84N2O16/c1-17-40-55(12,63)45(58)33(4)42(56-73-52(8,9)64-15)31(2)29-53(10,62)46(72-51-44(39(57(13)14)28-32(3)66-51)70-49(60)37-24-20-18-21-25-37)34(5)43(35(6)48(59)68-40)69-41-30-54(11,65-16)47(36(7)67-41)71-50(61)38-26-22-19-23-27-38/h18-27,31-36,39-41,43-47,51,58,62-63H,17,28-30H2,1-16H3/b56-42+/t31-,32-,33+,34+,35-,36+,39+,40-,41+,43+,44-,45-,46-,47+,51+,53+,54-,55-/m1/s1. The third-order valence-electron chi connectivity index (χ3n) is 15.1. The number of rotatable bonds is 14. The molecule has 410 valence electrons. The SMILES string of the molecule is CC[C@H]1OC(=O)[C@H](C)[C@@H](O[C@H]2C[C@@](C)(OC)[C@@H](OC(=O)c3ccccc3)[C@H](C)O2)[C@H](C)[C@@H](O[C@@H]2O[C@H](C)C[C@H](N(C)C)[C@H]2OC(=O)c2ccccc2)[C@@](C)(O)C[C@@H](C)/C(=N\OC(C)(C)OC)[C@H](C)[C@@H](O)[C@]1(C)O. The van der Waals surface area contributed by atoms with E-state index >= 15 is 0 Å². The van der Waals surface area contributed by atoms with Crippen LogP contribution in [0.3, 0.4) is 0 Å². The van der Waals surface area contributed by atoms with Gasteiger partial charge in [0.1, 0.15) is 17.3 Å². The van der Waals surface area contributed by atoms with Gasteiger partial charge in [0.15, 0.2) is 24.8 Å². The molecule has 0 bridgehead atoms. The van der Waals surface area contributed by atoms with E-state index in [9.17, 15) is 29.7 Å². The van der Waals surface area contributed by atoms with Crippen LogP contribution in [0.5, 0.6) is 0 Å². The van der Waals surface area contributed by atoms with E-state index in [4.69, 9.17) is 47.5 Å². The number of hydrogen-bond donors (Lipinski definition) is 3. The number of esters is 3. The first kappa shape index (κ1) is 59.8. The van der Waals surface area contributed by atoms with Gasteiger partial charge in [-0.1, -0.05) is 69.2 Å². The van der Waals surface area contributed by atoms with Crippen molar-refractivity contribution in [3.8, 4) is 0 Å². The molecule has 0 radical (unpaired) electrons. The third kappa shape index (κ3) is 14.2. The van der Waals surface area contributed by atoms with Gasteiger partial charge in [-0.15, -0.1) is 0 Å². The van der Waals surface area contributed by atoms with Crippen molar-refractivity contribution in [2.45, 2.75) is 199 Å². The van der Waals surface area contributed by atoms with Crippen molar-refractivity contribution in [2.75, 3.05) is 28.3 Å². The molecule has 3 N–H and O–H groups in total. The number of ether oxygens (including phenoxy) is 9. The molecule has 3 heterocycles. The molecule has 0 amide bonds. The van der Waals surface area contributed by atoms with Gasteiger partial charge < -0.3 is 67.7 Å². The second-order valence-corrected chi connectivity index (χ2v) is 21.8. The largest absolute Gasteiger partial charge is 0.459 e. The van der Waals surface area contributed by atoms with Crippen molar-refractivity contribution in [1.82, 2.24) is 4.90 Å². The molecule has 3 aliphatic heterocycles. The van der Waals surface area contributed by atoms with E-state index in [0.717, 1.165) is 0 Å². The minimum Gasteiger partial charge on any atom is -0.459 e. The van der Waals surface area contributed by atoms with Crippen molar-refractivity contribution in [3.05, 3.63) is 71.8 Å². The van der Waals surface area contributed by atoms with Gasteiger partial charge in [0.25, 0.3) is 0 Å². The Balaban J connectivity index is 1.66. The van der Waals surface area contributed by atoms with Crippen molar-refractivity contribution >= 4 is 23.6 Å². The number of likely N-dealkylation sites (N-methyl/N-ethyl adjacent to an activating group) is 1. The number of benzene rings is 2. The van der Waals surface area contributed by atoms with E-state index in [2.05, 4.69) is 5.16 Å². The first-order valence-corrected chi connectivity index (χ1v) is 25.6. The summed E-state index contributed by atoms with van der Waals surface area (Å²) in [6, 6.07) is 16.7. The van der Waals surface area contributed by atoms with Crippen LogP contribution in [0, 0.1) is 23.7 Å². The Labute approximate surface area is 432 Å². The van der Waals surface area contributed by atoms with Gasteiger partial charge in [0.2, 0.25) is 5.79 Å². The summed E-state index contributed by atoms with van der Waals surface area (Å²) in [6.45, 7) is 20.3. The van der Waals surface area contributed by atoms with Crippen molar-refractivity contribution in [2.24, 2.45) is 28.8 Å². The molecule has 0 unspecified atom stereocenters. The van der Waals surface area contributed by atoms with E-state index in [1.807, 2.05) is 32.8 Å². The van der Waals surface area contributed by atoms with Gasteiger partial charge in [-0.2, -0.15) is 0 Å².